The highest BCUT2D eigenvalue weighted by Gasteiger charge is 2.51. The van der Waals surface area contributed by atoms with Crippen LogP contribution in [0.15, 0.2) is 35.7 Å². The fraction of sp³-hybridized carbons (Fsp3) is 0.500. The SMILES string of the molecule is O=C(NC12CC3CC(CC(C3)C1)C2)c1cc(COc2ccccc2F)cs1. The van der Waals surface area contributed by atoms with Crippen LogP contribution in [-0.2, 0) is 6.61 Å². The number of rotatable bonds is 5. The number of hydrogen-bond acceptors (Lipinski definition) is 3. The van der Waals surface area contributed by atoms with Crippen LogP contribution in [-0.4, -0.2) is 11.4 Å². The van der Waals surface area contributed by atoms with E-state index in [0.717, 1.165) is 47.5 Å². The zero-order valence-electron chi connectivity index (χ0n) is 15.2. The summed E-state index contributed by atoms with van der Waals surface area (Å²) >= 11 is 1.44. The highest BCUT2D eigenvalue weighted by Crippen LogP contribution is 2.55. The van der Waals surface area contributed by atoms with E-state index in [4.69, 9.17) is 4.74 Å². The summed E-state index contributed by atoms with van der Waals surface area (Å²) in [7, 11) is 0. The normalized spacial score (nSPS) is 31.1. The molecular formula is C22H24FNO2S. The predicted octanol–water partition coefficient (Wildman–Crippen LogP) is 5.16. The lowest BCUT2D eigenvalue weighted by Crippen LogP contribution is -2.59. The maximum absolute atomic E-state index is 13.7. The smallest absolute Gasteiger partial charge is 0.261 e. The van der Waals surface area contributed by atoms with Gasteiger partial charge in [0.05, 0.1) is 4.88 Å². The fourth-order valence-corrected chi connectivity index (χ4v) is 6.65. The van der Waals surface area contributed by atoms with E-state index < -0.39 is 0 Å². The van der Waals surface area contributed by atoms with Crippen molar-refractivity contribution in [2.45, 2.75) is 50.7 Å². The van der Waals surface area contributed by atoms with E-state index in [1.807, 2.05) is 11.4 Å². The average Bonchev–Trinajstić information content (AvgIpc) is 3.09. The van der Waals surface area contributed by atoms with Gasteiger partial charge in [-0.2, -0.15) is 0 Å². The van der Waals surface area contributed by atoms with E-state index >= 15 is 0 Å². The number of carbonyl (C=O) groups is 1. The first kappa shape index (κ1) is 17.2. The van der Waals surface area contributed by atoms with E-state index in [1.165, 1.54) is 36.7 Å². The number of para-hydroxylation sites is 1. The summed E-state index contributed by atoms with van der Waals surface area (Å²) in [5.41, 5.74) is 0.929. The molecule has 0 saturated heterocycles. The van der Waals surface area contributed by atoms with E-state index in [-0.39, 0.29) is 29.6 Å². The predicted molar refractivity (Wildman–Crippen MR) is 103 cm³/mol. The Bertz CT molecular complexity index is 826. The Morgan fingerprint density at radius 1 is 1.15 bits per heavy atom. The van der Waals surface area contributed by atoms with Crippen molar-refractivity contribution in [3.8, 4) is 5.75 Å². The van der Waals surface area contributed by atoms with Crippen molar-refractivity contribution in [1.29, 1.82) is 0 Å². The second-order valence-corrected chi connectivity index (χ2v) is 9.60. The lowest BCUT2D eigenvalue weighted by atomic mass is 9.53. The van der Waals surface area contributed by atoms with E-state index in [0.29, 0.717) is 0 Å². The van der Waals surface area contributed by atoms with Crippen LogP contribution in [0.4, 0.5) is 4.39 Å². The van der Waals surface area contributed by atoms with E-state index in [2.05, 4.69) is 5.32 Å². The van der Waals surface area contributed by atoms with Crippen LogP contribution >= 0.6 is 11.3 Å². The monoisotopic (exact) mass is 385 g/mol. The van der Waals surface area contributed by atoms with E-state index in [1.54, 1.807) is 18.2 Å². The molecule has 27 heavy (non-hydrogen) atoms. The zero-order chi connectivity index (χ0) is 18.4. The van der Waals surface area contributed by atoms with Crippen LogP contribution in [0, 0.1) is 23.6 Å². The topological polar surface area (TPSA) is 38.3 Å². The van der Waals surface area contributed by atoms with Crippen LogP contribution in [0.25, 0.3) is 0 Å². The van der Waals surface area contributed by atoms with Gasteiger partial charge in [0.1, 0.15) is 6.61 Å². The molecule has 1 amide bonds. The Hall–Kier alpha value is -1.88. The van der Waals surface area contributed by atoms with Gasteiger partial charge in [-0.1, -0.05) is 12.1 Å². The van der Waals surface area contributed by atoms with Gasteiger partial charge in [0.2, 0.25) is 0 Å². The number of carbonyl (C=O) groups excluding carboxylic acids is 1. The summed E-state index contributed by atoms with van der Waals surface area (Å²) < 4.78 is 19.2. The second kappa shape index (κ2) is 6.62. The molecule has 4 aliphatic carbocycles. The quantitative estimate of drug-likeness (QED) is 0.772. The van der Waals surface area contributed by atoms with Crippen LogP contribution in [0.1, 0.15) is 53.8 Å². The number of ether oxygens (including phenoxy) is 1. The van der Waals surface area contributed by atoms with Crippen LogP contribution in [0.2, 0.25) is 0 Å². The summed E-state index contributed by atoms with van der Waals surface area (Å²) in [6.07, 6.45) is 7.56. The van der Waals surface area contributed by atoms with Gasteiger partial charge in [-0.15, -0.1) is 11.3 Å². The van der Waals surface area contributed by atoms with E-state index in [9.17, 15) is 9.18 Å². The fourth-order valence-electron chi connectivity index (χ4n) is 5.86. The standard InChI is InChI=1S/C22H24FNO2S/c23-18-3-1-2-4-19(18)26-12-17-8-20(27-13-17)21(25)24-22-9-14-5-15(10-22)7-16(6-14)11-22/h1-4,8,13-16H,5-7,9-12H2,(H,24,25). The minimum atomic E-state index is -0.368. The maximum Gasteiger partial charge on any atom is 0.261 e. The van der Waals surface area contributed by atoms with Gasteiger partial charge in [-0.05, 0) is 79.9 Å². The van der Waals surface area contributed by atoms with Gasteiger partial charge in [0, 0.05) is 11.1 Å². The second-order valence-electron chi connectivity index (χ2n) is 8.69. The largest absolute Gasteiger partial charge is 0.486 e. The summed E-state index contributed by atoms with van der Waals surface area (Å²) in [6, 6.07) is 8.26. The van der Waals surface area contributed by atoms with Crippen molar-refractivity contribution in [2.75, 3.05) is 0 Å². The Labute approximate surface area is 162 Å². The van der Waals surface area contributed by atoms with Crippen LogP contribution in [0.3, 0.4) is 0 Å². The molecule has 1 aromatic heterocycles. The Kier molecular flexibility index (Phi) is 4.23. The van der Waals surface area contributed by atoms with Crippen LogP contribution in [0.5, 0.6) is 5.75 Å². The number of nitrogens with one attached hydrogen (secondary N) is 1. The first-order chi connectivity index (χ1) is 13.1. The minimum absolute atomic E-state index is 0.0274. The Morgan fingerprint density at radius 3 is 2.48 bits per heavy atom. The first-order valence-electron chi connectivity index (χ1n) is 9.86. The molecule has 1 heterocycles. The number of benzene rings is 1. The highest BCUT2D eigenvalue weighted by molar-refractivity contribution is 7.12. The molecule has 0 atom stereocenters. The lowest BCUT2D eigenvalue weighted by molar-refractivity contribution is -0.0166. The number of hydrogen-bond donors (Lipinski definition) is 1. The summed E-state index contributed by atoms with van der Waals surface area (Å²) in [4.78, 5) is 13.6. The third-order valence-electron chi connectivity index (χ3n) is 6.53. The molecule has 2 aromatic rings. The molecule has 0 aliphatic heterocycles. The molecule has 0 unspecified atom stereocenters. The number of amides is 1. The van der Waals surface area contributed by atoms with Crippen molar-refractivity contribution >= 4 is 17.2 Å². The molecule has 4 bridgehead atoms. The minimum Gasteiger partial charge on any atom is -0.486 e. The van der Waals surface area contributed by atoms with Gasteiger partial charge in [0.15, 0.2) is 11.6 Å². The number of thiophene rings is 1. The average molecular weight is 386 g/mol. The molecule has 142 valence electrons. The summed E-state index contributed by atoms with van der Waals surface area (Å²) in [5, 5.41) is 5.33. The third-order valence-corrected chi connectivity index (χ3v) is 7.50. The van der Waals surface area contributed by atoms with Crippen molar-refractivity contribution in [3.63, 3.8) is 0 Å². The molecule has 4 saturated carbocycles. The molecule has 6 rings (SSSR count). The number of halogens is 1. The van der Waals surface area contributed by atoms with Gasteiger partial charge >= 0.3 is 0 Å². The molecule has 0 spiro atoms. The third kappa shape index (κ3) is 3.38. The van der Waals surface area contributed by atoms with Gasteiger partial charge in [-0.25, -0.2) is 4.39 Å². The molecule has 0 radical (unpaired) electrons. The molecule has 1 aromatic carbocycles. The van der Waals surface area contributed by atoms with Gasteiger partial charge < -0.3 is 10.1 Å². The Balaban J connectivity index is 1.23. The molecular weight excluding hydrogens is 361 g/mol. The van der Waals surface area contributed by atoms with Crippen molar-refractivity contribution in [2.24, 2.45) is 17.8 Å². The van der Waals surface area contributed by atoms with Gasteiger partial charge in [0.25, 0.3) is 5.91 Å². The summed E-state index contributed by atoms with van der Waals surface area (Å²) in [6.45, 7) is 0.266. The maximum atomic E-state index is 13.7. The van der Waals surface area contributed by atoms with Crippen LogP contribution < -0.4 is 10.1 Å². The van der Waals surface area contributed by atoms with Gasteiger partial charge in [-0.3, -0.25) is 4.79 Å². The lowest BCUT2D eigenvalue weighted by Gasteiger charge is -2.56. The zero-order valence-corrected chi connectivity index (χ0v) is 16.1. The summed E-state index contributed by atoms with van der Waals surface area (Å²) in [5.74, 6) is 2.34. The molecule has 5 heteroatoms. The molecule has 3 nitrogen and oxygen atoms in total. The molecule has 4 fully saturated rings. The molecule has 4 aliphatic rings. The van der Waals surface area contributed by atoms with Crippen molar-refractivity contribution < 1.29 is 13.9 Å². The Morgan fingerprint density at radius 2 is 1.81 bits per heavy atom. The molecule has 1 N–H and O–H groups in total. The van der Waals surface area contributed by atoms with Crippen molar-refractivity contribution in [3.05, 3.63) is 52.0 Å². The first-order valence-corrected chi connectivity index (χ1v) is 10.7. The highest BCUT2D eigenvalue weighted by atomic mass is 32.1. The van der Waals surface area contributed by atoms with Crippen molar-refractivity contribution in [1.82, 2.24) is 5.32 Å².